The zero-order chi connectivity index (χ0) is 16.4. The Balaban J connectivity index is 2.00. The number of nitrogens with zero attached hydrogens (tertiary/aromatic N) is 3. The summed E-state index contributed by atoms with van der Waals surface area (Å²) in [7, 11) is 1.61. The summed E-state index contributed by atoms with van der Waals surface area (Å²) in [5.74, 6) is 1.45. The Kier molecular flexibility index (Phi) is 4.52. The van der Waals surface area contributed by atoms with Gasteiger partial charge in [0.05, 0.1) is 7.11 Å². The van der Waals surface area contributed by atoms with Crippen LogP contribution in [0, 0.1) is 0 Å². The molecule has 2 aromatic rings. The molecule has 1 unspecified atom stereocenters. The van der Waals surface area contributed by atoms with Crippen LogP contribution < -0.4 is 15.0 Å². The molecule has 6 nitrogen and oxygen atoms in total. The van der Waals surface area contributed by atoms with Crippen LogP contribution in [-0.2, 0) is 4.79 Å². The van der Waals surface area contributed by atoms with Crippen LogP contribution in [0.4, 0.5) is 5.82 Å². The van der Waals surface area contributed by atoms with Crippen molar-refractivity contribution < 1.29 is 9.53 Å². The lowest BCUT2D eigenvalue weighted by Gasteiger charge is -2.34. The van der Waals surface area contributed by atoms with E-state index >= 15 is 0 Å². The van der Waals surface area contributed by atoms with E-state index in [1.165, 1.54) is 0 Å². The van der Waals surface area contributed by atoms with Gasteiger partial charge in [-0.15, -0.1) is 0 Å². The van der Waals surface area contributed by atoms with Gasteiger partial charge in [-0.05, 0) is 36.6 Å². The van der Waals surface area contributed by atoms with Crippen LogP contribution in [0.2, 0.25) is 5.28 Å². The Morgan fingerprint density at radius 3 is 3.00 bits per heavy atom. The van der Waals surface area contributed by atoms with Crippen molar-refractivity contribution in [1.29, 1.82) is 0 Å². The van der Waals surface area contributed by atoms with E-state index in [4.69, 9.17) is 16.3 Å². The number of halogens is 1. The topological polar surface area (TPSA) is 67.3 Å². The SMILES string of the molecule is COc1cccc2c(N3CCCC(NC(C)=O)C3)nc(Cl)nc12. The van der Waals surface area contributed by atoms with Crippen molar-refractivity contribution in [2.45, 2.75) is 25.8 Å². The number of amides is 1. The monoisotopic (exact) mass is 334 g/mol. The Morgan fingerprint density at radius 2 is 2.26 bits per heavy atom. The molecule has 0 aliphatic carbocycles. The molecule has 0 bridgehead atoms. The predicted molar refractivity (Wildman–Crippen MR) is 90.2 cm³/mol. The van der Waals surface area contributed by atoms with Gasteiger partial charge in [-0.2, -0.15) is 4.98 Å². The van der Waals surface area contributed by atoms with Crippen LogP contribution in [0.3, 0.4) is 0 Å². The van der Waals surface area contributed by atoms with Crippen molar-refractivity contribution in [3.05, 3.63) is 23.5 Å². The third kappa shape index (κ3) is 3.32. The number of para-hydroxylation sites is 1. The molecule has 23 heavy (non-hydrogen) atoms. The molecule has 1 N–H and O–H groups in total. The second kappa shape index (κ2) is 6.58. The maximum atomic E-state index is 11.3. The largest absolute Gasteiger partial charge is 0.494 e. The molecule has 1 fully saturated rings. The van der Waals surface area contributed by atoms with Crippen LogP contribution in [0.25, 0.3) is 10.9 Å². The molecule has 1 atom stereocenters. The quantitative estimate of drug-likeness (QED) is 0.873. The number of benzene rings is 1. The molecule has 1 saturated heterocycles. The summed E-state index contributed by atoms with van der Waals surface area (Å²) in [5.41, 5.74) is 0.701. The van der Waals surface area contributed by atoms with Gasteiger partial charge < -0.3 is 15.0 Å². The lowest BCUT2D eigenvalue weighted by Crippen LogP contribution is -2.47. The maximum Gasteiger partial charge on any atom is 0.225 e. The third-order valence-corrected chi connectivity index (χ3v) is 4.16. The number of hydrogen-bond acceptors (Lipinski definition) is 5. The summed E-state index contributed by atoms with van der Waals surface area (Å²) in [6, 6.07) is 5.85. The molecule has 7 heteroatoms. The Labute approximate surface area is 139 Å². The lowest BCUT2D eigenvalue weighted by atomic mass is 10.0. The number of ether oxygens (including phenoxy) is 1. The first-order chi connectivity index (χ1) is 11.1. The molecule has 122 valence electrons. The molecule has 3 rings (SSSR count). The van der Waals surface area contributed by atoms with Crippen LogP contribution in [0.5, 0.6) is 5.75 Å². The lowest BCUT2D eigenvalue weighted by molar-refractivity contribution is -0.119. The van der Waals surface area contributed by atoms with Crippen LogP contribution in [-0.4, -0.2) is 42.1 Å². The van der Waals surface area contributed by atoms with Crippen LogP contribution in [0.15, 0.2) is 18.2 Å². The van der Waals surface area contributed by atoms with Crippen LogP contribution >= 0.6 is 11.6 Å². The number of hydrogen-bond donors (Lipinski definition) is 1. The van der Waals surface area contributed by atoms with Gasteiger partial charge in [0.15, 0.2) is 0 Å². The van der Waals surface area contributed by atoms with Crippen molar-refractivity contribution in [3.63, 3.8) is 0 Å². The van der Waals surface area contributed by atoms with E-state index in [-0.39, 0.29) is 17.2 Å². The fourth-order valence-electron chi connectivity index (χ4n) is 3.06. The number of carbonyl (C=O) groups is 1. The number of fused-ring (bicyclic) bond motifs is 1. The van der Waals surface area contributed by atoms with E-state index in [0.717, 1.165) is 30.6 Å². The first-order valence-corrected chi connectivity index (χ1v) is 7.98. The number of rotatable bonds is 3. The minimum Gasteiger partial charge on any atom is -0.494 e. The van der Waals surface area contributed by atoms with Gasteiger partial charge >= 0.3 is 0 Å². The molecule has 1 amide bonds. The van der Waals surface area contributed by atoms with Gasteiger partial charge in [-0.1, -0.05) is 6.07 Å². The van der Waals surface area contributed by atoms with Crippen molar-refractivity contribution >= 4 is 34.2 Å². The zero-order valence-corrected chi connectivity index (χ0v) is 13.9. The van der Waals surface area contributed by atoms with Gasteiger partial charge in [-0.3, -0.25) is 4.79 Å². The summed E-state index contributed by atoms with van der Waals surface area (Å²) >= 11 is 6.12. The van der Waals surface area contributed by atoms with Gasteiger partial charge in [0, 0.05) is 31.4 Å². The second-order valence-electron chi connectivity index (χ2n) is 5.66. The minimum atomic E-state index is -0.0101. The highest BCUT2D eigenvalue weighted by molar-refractivity contribution is 6.29. The van der Waals surface area contributed by atoms with E-state index in [1.807, 2.05) is 18.2 Å². The first kappa shape index (κ1) is 15.8. The average Bonchev–Trinajstić information content (AvgIpc) is 2.53. The molecular formula is C16H19ClN4O2. The molecule has 0 spiro atoms. The Bertz CT molecular complexity index is 737. The average molecular weight is 335 g/mol. The highest BCUT2D eigenvalue weighted by atomic mass is 35.5. The number of carbonyl (C=O) groups excluding carboxylic acids is 1. The summed E-state index contributed by atoms with van der Waals surface area (Å²) in [5, 5.41) is 4.08. The molecule has 1 aromatic heterocycles. The third-order valence-electron chi connectivity index (χ3n) is 3.99. The fourth-order valence-corrected chi connectivity index (χ4v) is 3.23. The molecule has 1 aliphatic heterocycles. The van der Waals surface area contributed by atoms with Crippen molar-refractivity contribution in [2.24, 2.45) is 0 Å². The zero-order valence-electron chi connectivity index (χ0n) is 13.2. The summed E-state index contributed by atoms with van der Waals surface area (Å²) in [6.45, 7) is 3.12. The second-order valence-corrected chi connectivity index (χ2v) is 6.00. The molecule has 0 radical (unpaired) electrons. The van der Waals surface area contributed by atoms with E-state index in [0.29, 0.717) is 17.8 Å². The summed E-state index contributed by atoms with van der Waals surface area (Å²) in [6.07, 6.45) is 1.95. The van der Waals surface area contributed by atoms with Gasteiger partial charge in [0.25, 0.3) is 0 Å². The standard InChI is InChI=1S/C16H19ClN4O2/c1-10(22)18-11-5-4-8-21(9-11)15-12-6-3-7-13(23-2)14(12)19-16(17)20-15/h3,6-7,11H,4-5,8-9H2,1-2H3,(H,18,22). The van der Waals surface area contributed by atoms with Crippen LogP contribution in [0.1, 0.15) is 19.8 Å². The summed E-state index contributed by atoms with van der Waals surface area (Å²) < 4.78 is 5.37. The molecular weight excluding hydrogens is 316 g/mol. The van der Waals surface area contributed by atoms with Gasteiger partial charge in [0.2, 0.25) is 11.2 Å². The van der Waals surface area contributed by atoms with Gasteiger partial charge in [0.1, 0.15) is 17.1 Å². The molecule has 1 aromatic carbocycles. The number of aromatic nitrogens is 2. The fraction of sp³-hybridized carbons (Fsp3) is 0.438. The number of piperidine rings is 1. The van der Waals surface area contributed by atoms with Crippen molar-refractivity contribution in [3.8, 4) is 5.75 Å². The number of anilines is 1. The smallest absolute Gasteiger partial charge is 0.225 e. The van der Waals surface area contributed by atoms with E-state index in [9.17, 15) is 4.79 Å². The number of nitrogens with one attached hydrogen (secondary N) is 1. The highest BCUT2D eigenvalue weighted by Crippen LogP contribution is 2.32. The Hall–Kier alpha value is -2.08. The van der Waals surface area contributed by atoms with E-state index in [1.54, 1.807) is 14.0 Å². The molecule has 1 aliphatic rings. The normalized spacial score (nSPS) is 18.0. The van der Waals surface area contributed by atoms with E-state index < -0.39 is 0 Å². The molecule has 0 saturated carbocycles. The first-order valence-electron chi connectivity index (χ1n) is 7.61. The highest BCUT2D eigenvalue weighted by Gasteiger charge is 2.24. The van der Waals surface area contributed by atoms with Crippen molar-refractivity contribution in [2.75, 3.05) is 25.1 Å². The maximum absolute atomic E-state index is 11.3. The van der Waals surface area contributed by atoms with Crippen molar-refractivity contribution in [1.82, 2.24) is 15.3 Å². The minimum absolute atomic E-state index is 0.0101. The summed E-state index contributed by atoms with van der Waals surface area (Å²) in [4.78, 5) is 22.2. The Morgan fingerprint density at radius 1 is 1.43 bits per heavy atom. The van der Waals surface area contributed by atoms with Gasteiger partial charge in [-0.25, -0.2) is 4.98 Å². The number of methoxy groups -OCH3 is 1. The molecule has 2 heterocycles. The van der Waals surface area contributed by atoms with E-state index in [2.05, 4.69) is 20.2 Å². The predicted octanol–water partition coefficient (Wildman–Crippen LogP) is 2.40.